The quantitative estimate of drug-likeness (QED) is 0.848. The lowest BCUT2D eigenvalue weighted by atomic mass is 9.97. The Hall–Kier alpha value is -1.06. The van der Waals surface area contributed by atoms with E-state index in [0.717, 1.165) is 25.9 Å². The van der Waals surface area contributed by atoms with E-state index in [9.17, 15) is 4.79 Å². The number of nitrogens with one attached hydrogen (secondary N) is 1. The molecule has 1 heterocycles. The van der Waals surface area contributed by atoms with Crippen LogP contribution in [0.15, 0.2) is 30.3 Å². The zero-order valence-electron chi connectivity index (χ0n) is 12.3. The molecule has 0 spiro atoms. The molecule has 1 aromatic carbocycles. The molecule has 1 aromatic rings. The van der Waals surface area contributed by atoms with Gasteiger partial charge in [-0.05, 0) is 38.9 Å². The highest BCUT2D eigenvalue weighted by Crippen LogP contribution is 2.31. The molecule has 20 heavy (non-hydrogen) atoms. The van der Waals surface area contributed by atoms with Gasteiger partial charge in [-0.15, -0.1) is 12.4 Å². The molecule has 0 aromatic heterocycles. The Bertz CT molecular complexity index is 410. The number of nitrogens with zero attached hydrogens (tertiary/aromatic N) is 1. The fourth-order valence-electron chi connectivity index (χ4n) is 2.91. The van der Waals surface area contributed by atoms with Crippen LogP contribution in [0.25, 0.3) is 0 Å². The van der Waals surface area contributed by atoms with Gasteiger partial charge < -0.3 is 10.2 Å². The molecule has 0 aliphatic carbocycles. The minimum atomic E-state index is 0. The van der Waals surface area contributed by atoms with Gasteiger partial charge in [0.2, 0.25) is 5.91 Å². The summed E-state index contributed by atoms with van der Waals surface area (Å²) in [7, 11) is 1.92. The van der Waals surface area contributed by atoms with Crippen LogP contribution in [0.5, 0.6) is 0 Å². The minimum Gasteiger partial charge on any atom is -0.339 e. The van der Waals surface area contributed by atoms with Gasteiger partial charge in [-0.3, -0.25) is 4.79 Å². The predicted molar refractivity (Wildman–Crippen MR) is 85.4 cm³/mol. The molecule has 2 rings (SSSR count). The largest absolute Gasteiger partial charge is 0.339 e. The first-order chi connectivity index (χ1) is 9.22. The lowest BCUT2D eigenvalue weighted by Gasteiger charge is -2.21. The Kier molecular flexibility index (Phi) is 7.03. The van der Waals surface area contributed by atoms with Gasteiger partial charge in [-0.25, -0.2) is 0 Å². The van der Waals surface area contributed by atoms with Crippen LogP contribution < -0.4 is 5.32 Å². The third kappa shape index (κ3) is 4.22. The van der Waals surface area contributed by atoms with Gasteiger partial charge in [0.1, 0.15) is 0 Å². The Morgan fingerprint density at radius 2 is 2.05 bits per heavy atom. The van der Waals surface area contributed by atoms with Gasteiger partial charge in [0.05, 0.1) is 0 Å². The Labute approximate surface area is 128 Å². The number of carbonyl (C=O) groups excluding carboxylic acids is 1. The van der Waals surface area contributed by atoms with Gasteiger partial charge >= 0.3 is 0 Å². The summed E-state index contributed by atoms with van der Waals surface area (Å²) in [5.41, 5.74) is 1.36. The van der Waals surface area contributed by atoms with Crippen molar-refractivity contribution < 1.29 is 4.79 Å². The Morgan fingerprint density at radius 3 is 2.70 bits per heavy atom. The summed E-state index contributed by atoms with van der Waals surface area (Å²) in [6, 6.07) is 10.9. The lowest BCUT2D eigenvalue weighted by Crippen LogP contribution is -2.34. The molecule has 112 valence electrons. The smallest absolute Gasteiger partial charge is 0.222 e. The number of carbonyl (C=O) groups is 1. The van der Waals surface area contributed by atoms with Crippen LogP contribution in [0.4, 0.5) is 0 Å². The van der Waals surface area contributed by atoms with E-state index < -0.39 is 0 Å². The van der Waals surface area contributed by atoms with Crippen LogP contribution in [-0.4, -0.2) is 37.0 Å². The van der Waals surface area contributed by atoms with E-state index >= 15 is 0 Å². The second-order valence-corrected chi connectivity index (χ2v) is 5.45. The van der Waals surface area contributed by atoms with Gasteiger partial charge in [-0.2, -0.15) is 0 Å². The number of benzene rings is 1. The molecule has 1 aliphatic rings. The van der Waals surface area contributed by atoms with Crippen LogP contribution in [-0.2, 0) is 4.79 Å². The molecular weight excluding hydrogens is 272 g/mol. The highest BCUT2D eigenvalue weighted by Gasteiger charge is 2.32. The molecule has 0 bridgehead atoms. The predicted octanol–water partition coefficient (Wildman–Crippen LogP) is 2.81. The summed E-state index contributed by atoms with van der Waals surface area (Å²) in [4.78, 5) is 14.3. The summed E-state index contributed by atoms with van der Waals surface area (Å²) in [6.07, 6.45) is 2.67. The summed E-state index contributed by atoms with van der Waals surface area (Å²) < 4.78 is 0. The standard InChI is InChI=1S/C16H24N2O.ClH/c1-13-11-15(14-7-4-3-5-8-14)12-18(13)16(19)9-6-10-17-2;/h3-5,7-8,13,15,17H,6,9-12H2,1-2H3;1H. The van der Waals surface area contributed by atoms with Gasteiger partial charge in [0.25, 0.3) is 0 Å². The van der Waals surface area contributed by atoms with Crippen molar-refractivity contribution in [3.05, 3.63) is 35.9 Å². The second-order valence-electron chi connectivity index (χ2n) is 5.45. The molecule has 1 N–H and O–H groups in total. The van der Waals surface area contributed by atoms with Crippen LogP contribution >= 0.6 is 12.4 Å². The summed E-state index contributed by atoms with van der Waals surface area (Å²) in [5.74, 6) is 0.811. The van der Waals surface area contributed by atoms with Gasteiger partial charge in [0, 0.05) is 24.9 Å². The molecular formula is C16H25ClN2O. The fourth-order valence-corrected chi connectivity index (χ4v) is 2.91. The van der Waals surface area contributed by atoms with Crippen molar-refractivity contribution in [3.63, 3.8) is 0 Å². The van der Waals surface area contributed by atoms with Crippen LogP contribution in [0, 0.1) is 0 Å². The van der Waals surface area contributed by atoms with Crippen LogP contribution in [0.2, 0.25) is 0 Å². The number of hydrogen-bond acceptors (Lipinski definition) is 2. The van der Waals surface area contributed by atoms with E-state index in [2.05, 4.69) is 41.4 Å². The van der Waals surface area contributed by atoms with Crippen molar-refractivity contribution >= 4 is 18.3 Å². The van der Waals surface area contributed by atoms with Crippen molar-refractivity contribution in [3.8, 4) is 0 Å². The number of hydrogen-bond donors (Lipinski definition) is 1. The monoisotopic (exact) mass is 296 g/mol. The topological polar surface area (TPSA) is 32.3 Å². The first kappa shape index (κ1) is 17.0. The van der Waals surface area contributed by atoms with Crippen molar-refractivity contribution in [1.29, 1.82) is 0 Å². The molecule has 2 unspecified atom stereocenters. The van der Waals surface area contributed by atoms with E-state index in [0.29, 0.717) is 24.3 Å². The maximum atomic E-state index is 12.2. The molecule has 1 saturated heterocycles. The van der Waals surface area contributed by atoms with E-state index in [1.807, 2.05) is 13.1 Å². The van der Waals surface area contributed by atoms with Crippen molar-refractivity contribution in [2.75, 3.05) is 20.1 Å². The zero-order chi connectivity index (χ0) is 13.7. The van der Waals surface area contributed by atoms with Gasteiger partial charge in [0.15, 0.2) is 0 Å². The SMILES string of the molecule is CNCCCC(=O)N1CC(c2ccccc2)CC1C.Cl. The number of halogens is 1. The Balaban J connectivity index is 0.00000200. The summed E-state index contributed by atoms with van der Waals surface area (Å²) in [5, 5.41) is 3.09. The Morgan fingerprint density at radius 1 is 1.35 bits per heavy atom. The lowest BCUT2D eigenvalue weighted by molar-refractivity contribution is -0.131. The average Bonchev–Trinajstić information content (AvgIpc) is 2.82. The van der Waals surface area contributed by atoms with E-state index in [-0.39, 0.29) is 12.4 Å². The van der Waals surface area contributed by atoms with Crippen molar-refractivity contribution in [1.82, 2.24) is 10.2 Å². The second kappa shape index (κ2) is 8.28. The maximum Gasteiger partial charge on any atom is 0.222 e. The molecule has 0 radical (unpaired) electrons. The first-order valence-corrected chi connectivity index (χ1v) is 7.21. The van der Waals surface area contributed by atoms with Crippen molar-refractivity contribution in [2.24, 2.45) is 0 Å². The summed E-state index contributed by atoms with van der Waals surface area (Å²) in [6.45, 7) is 3.96. The van der Waals surface area contributed by atoms with Gasteiger partial charge in [-0.1, -0.05) is 30.3 Å². The molecule has 1 aliphatic heterocycles. The third-order valence-corrected chi connectivity index (χ3v) is 3.98. The number of amides is 1. The first-order valence-electron chi connectivity index (χ1n) is 7.21. The number of likely N-dealkylation sites (tertiary alicyclic amines) is 1. The maximum absolute atomic E-state index is 12.2. The minimum absolute atomic E-state index is 0. The molecule has 0 saturated carbocycles. The number of rotatable bonds is 5. The van der Waals surface area contributed by atoms with E-state index in [1.54, 1.807) is 0 Å². The zero-order valence-corrected chi connectivity index (χ0v) is 13.2. The van der Waals surface area contributed by atoms with E-state index in [4.69, 9.17) is 0 Å². The molecule has 4 heteroatoms. The highest BCUT2D eigenvalue weighted by molar-refractivity contribution is 5.85. The molecule has 1 amide bonds. The van der Waals surface area contributed by atoms with E-state index in [1.165, 1.54) is 5.56 Å². The van der Waals surface area contributed by atoms with Crippen LogP contribution in [0.1, 0.15) is 37.7 Å². The average molecular weight is 297 g/mol. The van der Waals surface area contributed by atoms with Crippen molar-refractivity contribution in [2.45, 2.75) is 38.1 Å². The molecule has 1 fully saturated rings. The summed E-state index contributed by atoms with van der Waals surface area (Å²) >= 11 is 0. The van der Waals surface area contributed by atoms with Crippen LogP contribution in [0.3, 0.4) is 0 Å². The normalized spacial score (nSPS) is 21.6. The third-order valence-electron chi connectivity index (χ3n) is 3.98. The highest BCUT2D eigenvalue weighted by atomic mass is 35.5. The molecule has 3 nitrogen and oxygen atoms in total. The molecule has 2 atom stereocenters. The fraction of sp³-hybridized carbons (Fsp3) is 0.562.